The van der Waals surface area contributed by atoms with Crippen molar-refractivity contribution in [2.75, 3.05) is 6.26 Å². The first-order chi connectivity index (χ1) is 16.0. The minimum atomic E-state index is -3.53. The van der Waals surface area contributed by atoms with E-state index in [0.717, 1.165) is 38.0 Å². The van der Waals surface area contributed by atoms with Crippen LogP contribution in [0.5, 0.6) is 0 Å². The SMILES string of the molecule is CS(=O)(=O)NC(=O)CCCCCCC1C(O)CC(O)C1CCC(O)CCc1ccc(F)cc1F. The summed E-state index contributed by atoms with van der Waals surface area (Å²) < 4.78 is 50.7. The molecule has 0 heterocycles. The highest BCUT2D eigenvalue weighted by molar-refractivity contribution is 7.89. The van der Waals surface area contributed by atoms with Gasteiger partial charge in [0.2, 0.25) is 15.9 Å². The molecule has 1 saturated carbocycles. The summed E-state index contributed by atoms with van der Waals surface area (Å²) >= 11 is 0. The lowest BCUT2D eigenvalue weighted by Gasteiger charge is -2.24. The van der Waals surface area contributed by atoms with Crippen LogP contribution >= 0.6 is 0 Å². The van der Waals surface area contributed by atoms with E-state index in [2.05, 4.69) is 0 Å². The van der Waals surface area contributed by atoms with Gasteiger partial charge in [0.05, 0.1) is 24.6 Å². The molecule has 0 bridgehead atoms. The van der Waals surface area contributed by atoms with Gasteiger partial charge in [-0.3, -0.25) is 9.52 Å². The highest BCUT2D eigenvalue weighted by Crippen LogP contribution is 2.39. The number of carbonyl (C=O) groups is 1. The fourth-order valence-corrected chi connectivity index (χ4v) is 5.35. The lowest BCUT2D eigenvalue weighted by Crippen LogP contribution is -2.28. The van der Waals surface area contributed by atoms with Crippen molar-refractivity contribution < 1.29 is 37.3 Å². The fourth-order valence-electron chi connectivity index (χ4n) is 4.83. The summed E-state index contributed by atoms with van der Waals surface area (Å²) in [7, 11) is -3.53. The Kier molecular flexibility index (Phi) is 11.3. The molecular weight excluding hydrogens is 468 g/mol. The molecule has 0 spiro atoms. The third-order valence-corrected chi connectivity index (χ3v) is 7.21. The van der Waals surface area contributed by atoms with Crippen molar-refractivity contribution in [3.05, 3.63) is 35.4 Å². The third kappa shape index (κ3) is 9.93. The molecule has 1 aromatic rings. The summed E-state index contributed by atoms with van der Waals surface area (Å²) in [4.78, 5) is 11.5. The largest absolute Gasteiger partial charge is 0.393 e. The number of hydrogen-bond donors (Lipinski definition) is 4. The van der Waals surface area contributed by atoms with E-state index in [1.54, 1.807) is 0 Å². The lowest BCUT2D eigenvalue weighted by molar-refractivity contribution is -0.119. The van der Waals surface area contributed by atoms with Crippen LogP contribution in [0, 0.1) is 23.5 Å². The number of rotatable bonds is 14. The van der Waals surface area contributed by atoms with Gasteiger partial charge in [-0.15, -0.1) is 0 Å². The van der Waals surface area contributed by atoms with Gasteiger partial charge in [0, 0.05) is 12.5 Å². The van der Waals surface area contributed by atoms with E-state index in [1.807, 2.05) is 4.72 Å². The number of benzene rings is 1. The monoisotopic (exact) mass is 505 g/mol. The second kappa shape index (κ2) is 13.5. The Hall–Kier alpha value is -1.62. The van der Waals surface area contributed by atoms with Crippen molar-refractivity contribution in [3.8, 4) is 0 Å². The molecule has 1 aliphatic carbocycles. The molecule has 2 rings (SSSR count). The van der Waals surface area contributed by atoms with E-state index in [1.165, 1.54) is 12.1 Å². The van der Waals surface area contributed by atoms with E-state index in [4.69, 9.17) is 0 Å². The standard InChI is InChI=1S/C24H37F2NO6S/c1-34(32,33)27-24(31)7-5-3-2-4-6-19-20(23(30)15-22(19)29)13-12-18(28)11-9-16-8-10-17(25)14-21(16)26/h8,10,14,18-20,22-23,28-30H,2-7,9,11-13,15H2,1H3,(H,27,31). The van der Waals surface area contributed by atoms with Gasteiger partial charge in [-0.25, -0.2) is 17.2 Å². The summed E-state index contributed by atoms with van der Waals surface area (Å²) in [5.41, 5.74) is 0.350. The van der Waals surface area contributed by atoms with Crippen molar-refractivity contribution in [1.29, 1.82) is 0 Å². The average Bonchev–Trinajstić information content (AvgIpc) is 2.99. The lowest BCUT2D eigenvalue weighted by atomic mass is 9.84. The highest BCUT2D eigenvalue weighted by atomic mass is 32.2. The van der Waals surface area contributed by atoms with Crippen molar-refractivity contribution in [2.45, 2.75) is 88.9 Å². The van der Waals surface area contributed by atoms with Crippen molar-refractivity contribution in [2.24, 2.45) is 11.8 Å². The van der Waals surface area contributed by atoms with Crippen LogP contribution in [-0.4, -0.2) is 54.2 Å². The predicted octanol–water partition coefficient (Wildman–Crippen LogP) is 2.81. The molecule has 4 N–H and O–H groups in total. The van der Waals surface area contributed by atoms with Gasteiger partial charge in [0.25, 0.3) is 0 Å². The molecule has 7 nitrogen and oxygen atoms in total. The smallest absolute Gasteiger partial charge is 0.233 e. The molecule has 5 atom stereocenters. The van der Waals surface area contributed by atoms with E-state index in [0.29, 0.717) is 37.7 Å². The number of carbonyl (C=O) groups excluding carboxylic acids is 1. The van der Waals surface area contributed by atoms with Gasteiger partial charge in [0.15, 0.2) is 0 Å². The number of nitrogens with one attached hydrogen (secondary N) is 1. The predicted molar refractivity (Wildman–Crippen MR) is 124 cm³/mol. The molecule has 10 heteroatoms. The Morgan fingerprint density at radius 3 is 2.35 bits per heavy atom. The van der Waals surface area contributed by atoms with Gasteiger partial charge in [-0.2, -0.15) is 0 Å². The van der Waals surface area contributed by atoms with Crippen LogP contribution < -0.4 is 4.72 Å². The molecule has 194 valence electrons. The van der Waals surface area contributed by atoms with Gasteiger partial charge >= 0.3 is 0 Å². The number of aliphatic hydroxyl groups excluding tert-OH is 3. The maximum Gasteiger partial charge on any atom is 0.233 e. The van der Waals surface area contributed by atoms with Crippen molar-refractivity contribution in [3.63, 3.8) is 0 Å². The normalized spacial score (nSPS) is 23.7. The molecule has 34 heavy (non-hydrogen) atoms. The second-order valence-corrected chi connectivity index (χ2v) is 11.2. The average molecular weight is 506 g/mol. The molecule has 0 saturated heterocycles. The van der Waals surface area contributed by atoms with E-state index in [9.17, 15) is 37.3 Å². The Labute approximate surface area is 200 Å². The zero-order valence-corrected chi connectivity index (χ0v) is 20.4. The van der Waals surface area contributed by atoms with E-state index < -0.39 is 45.9 Å². The van der Waals surface area contributed by atoms with Crippen LogP contribution in [0.3, 0.4) is 0 Å². The molecule has 5 unspecified atom stereocenters. The topological polar surface area (TPSA) is 124 Å². The summed E-state index contributed by atoms with van der Waals surface area (Å²) in [5, 5.41) is 31.1. The first kappa shape index (κ1) is 28.6. The molecular formula is C24H37F2NO6S. The Morgan fingerprint density at radius 1 is 1.06 bits per heavy atom. The number of sulfonamides is 1. The second-order valence-electron chi connectivity index (χ2n) is 9.45. The van der Waals surface area contributed by atoms with Gasteiger partial charge in [-0.05, 0) is 68.4 Å². The van der Waals surface area contributed by atoms with Crippen molar-refractivity contribution in [1.82, 2.24) is 4.72 Å². The van der Waals surface area contributed by atoms with Crippen LogP contribution in [0.1, 0.15) is 69.8 Å². The quantitative estimate of drug-likeness (QED) is 0.288. The molecule has 1 aliphatic rings. The summed E-state index contributed by atoms with van der Waals surface area (Å²) in [6.45, 7) is 0. The number of halogens is 2. The van der Waals surface area contributed by atoms with E-state index >= 15 is 0 Å². The summed E-state index contributed by atoms with van der Waals surface area (Å²) in [5.74, 6) is -1.99. The first-order valence-electron chi connectivity index (χ1n) is 11.9. The first-order valence-corrected chi connectivity index (χ1v) is 13.8. The molecule has 1 fully saturated rings. The number of hydrogen-bond acceptors (Lipinski definition) is 6. The fraction of sp³-hybridized carbons (Fsp3) is 0.708. The number of aliphatic hydroxyl groups is 3. The van der Waals surface area contributed by atoms with Crippen LogP contribution in [0.2, 0.25) is 0 Å². The minimum absolute atomic E-state index is 0.0784. The highest BCUT2D eigenvalue weighted by Gasteiger charge is 2.40. The Bertz CT molecular complexity index is 897. The summed E-state index contributed by atoms with van der Waals surface area (Å²) in [6, 6.07) is 3.39. The molecule has 1 aromatic carbocycles. The van der Waals surface area contributed by atoms with Crippen LogP contribution in [-0.2, 0) is 21.2 Å². The van der Waals surface area contributed by atoms with Crippen LogP contribution in [0.25, 0.3) is 0 Å². The van der Waals surface area contributed by atoms with Crippen LogP contribution in [0.4, 0.5) is 8.78 Å². The van der Waals surface area contributed by atoms with Crippen LogP contribution in [0.15, 0.2) is 18.2 Å². The zero-order valence-electron chi connectivity index (χ0n) is 19.6. The number of aryl methyl sites for hydroxylation is 1. The maximum atomic E-state index is 13.8. The Balaban J connectivity index is 1.69. The summed E-state index contributed by atoms with van der Waals surface area (Å²) in [6.07, 6.45) is 4.70. The molecule has 1 amide bonds. The Morgan fingerprint density at radius 2 is 1.71 bits per heavy atom. The molecule has 0 radical (unpaired) electrons. The zero-order chi connectivity index (χ0) is 25.3. The van der Waals surface area contributed by atoms with Gasteiger partial charge < -0.3 is 15.3 Å². The van der Waals surface area contributed by atoms with Crippen molar-refractivity contribution >= 4 is 15.9 Å². The minimum Gasteiger partial charge on any atom is -0.393 e. The number of amides is 1. The third-order valence-electron chi connectivity index (χ3n) is 6.61. The van der Waals surface area contributed by atoms with Gasteiger partial charge in [-0.1, -0.05) is 25.3 Å². The molecule has 0 aliphatic heterocycles. The van der Waals surface area contributed by atoms with E-state index in [-0.39, 0.29) is 24.7 Å². The molecule has 0 aromatic heterocycles. The van der Waals surface area contributed by atoms with Gasteiger partial charge in [0.1, 0.15) is 11.6 Å². The number of unbranched alkanes of at least 4 members (excludes halogenated alkanes) is 3. The maximum absolute atomic E-state index is 13.8.